The highest BCUT2D eigenvalue weighted by atomic mass is 16.6. The van der Waals surface area contributed by atoms with Crippen LogP contribution in [0.4, 0.5) is 4.79 Å². The third-order valence-corrected chi connectivity index (χ3v) is 5.45. The van der Waals surface area contributed by atoms with Gasteiger partial charge in [-0.3, -0.25) is 4.57 Å². The van der Waals surface area contributed by atoms with Crippen LogP contribution in [0, 0.1) is 0 Å². The van der Waals surface area contributed by atoms with E-state index in [1.54, 1.807) is 99.6 Å². The van der Waals surface area contributed by atoms with Crippen molar-refractivity contribution < 1.29 is 28.9 Å². The zero-order valence-electron chi connectivity index (χ0n) is 20.0. The molecular weight excluding hydrogens is 446 g/mol. The number of carbonyl (C=O) groups is 2. The lowest BCUT2D eigenvalue weighted by atomic mass is 9.86. The van der Waals surface area contributed by atoms with Gasteiger partial charge in [0.25, 0.3) is 0 Å². The first-order valence-electron chi connectivity index (χ1n) is 11.1. The summed E-state index contributed by atoms with van der Waals surface area (Å²) in [5.74, 6) is -0.0787. The van der Waals surface area contributed by atoms with Crippen molar-refractivity contribution in [3.8, 4) is 11.5 Å². The quantitative estimate of drug-likeness (QED) is 0.314. The molecule has 3 aromatic carbocycles. The molecule has 0 aliphatic heterocycles. The van der Waals surface area contributed by atoms with Gasteiger partial charge in [-0.25, -0.2) is 9.59 Å². The molecular formula is C28H27NO6. The van der Waals surface area contributed by atoms with Crippen LogP contribution in [0.2, 0.25) is 0 Å². The smallest absolute Gasteiger partial charge is 0.419 e. The average Bonchev–Trinajstić information content (AvgIpc) is 3.23. The van der Waals surface area contributed by atoms with Gasteiger partial charge < -0.3 is 19.3 Å². The molecule has 7 nitrogen and oxygen atoms in total. The van der Waals surface area contributed by atoms with Crippen molar-refractivity contribution in [2.45, 2.75) is 32.0 Å². The highest BCUT2D eigenvalue weighted by Gasteiger charge is 2.45. The number of aromatic nitrogens is 1. The van der Waals surface area contributed by atoms with Gasteiger partial charge >= 0.3 is 12.1 Å². The summed E-state index contributed by atoms with van der Waals surface area (Å²) >= 11 is 0. The first-order chi connectivity index (χ1) is 16.6. The Morgan fingerprint density at radius 1 is 0.829 bits per heavy atom. The highest BCUT2D eigenvalue weighted by Crippen LogP contribution is 2.38. The second-order valence-electron chi connectivity index (χ2n) is 9.05. The Labute approximate surface area is 203 Å². The fourth-order valence-electron chi connectivity index (χ4n) is 3.82. The molecule has 0 aliphatic carbocycles. The number of methoxy groups -OCH3 is 1. The van der Waals surface area contributed by atoms with Gasteiger partial charge in [-0.05, 0) is 56.7 Å². The van der Waals surface area contributed by atoms with Crippen LogP contribution in [-0.2, 0) is 15.1 Å². The van der Waals surface area contributed by atoms with E-state index in [0.29, 0.717) is 16.7 Å². The number of benzene rings is 3. The van der Waals surface area contributed by atoms with Gasteiger partial charge in [0.2, 0.25) is 5.60 Å². The highest BCUT2D eigenvalue weighted by molar-refractivity contribution is 5.98. The summed E-state index contributed by atoms with van der Waals surface area (Å²) in [6, 6.07) is 21.9. The fraction of sp³-hybridized carbons (Fsp3) is 0.214. The molecule has 0 bridgehead atoms. The molecule has 4 aromatic rings. The number of hydrogen-bond donors (Lipinski definition) is 1. The largest absolute Gasteiger partial charge is 0.497 e. The summed E-state index contributed by atoms with van der Waals surface area (Å²) in [5.41, 5.74) is -2.05. The number of fused-ring (bicyclic) bond motifs is 1. The van der Waals surface area contributed by atoms with Crippen LogP contribution in [0.5, 0.6) is 11.5 Å². The fourth-order valence-corrected chi connectivity index (χ4v) is 3.82. The molecule has 0 spiro atoms. The van der Waals surface area contributed by atoms with Gasteiger partial charge in [-0.1, -0.05) is 48.5 Å². The first kappa shape index (κ1) is 24.0. The van der Waals surface area contributed by atoms with Crippen molar-refractivity contribution in [3.63, 3.8) is 0 Å². The number of rotatable bonds is 5. The van der Waals surface area contributed by atoms with Crippen LogP contribution in [-0.4, -0.2) is 34.4 Å². The normalized spacial score (nSPS) is 13.2. The van der Waals surface area contributed by atoms with Crippen molar-refractivity contribution in [3.05, 3.63) is 96.2 Å². The summed E-state index contributed by atoms with van der Waals surface area (Å²) in [5, 5.41) is 12.6. The Morgan fingerprint density at radius 2 is 1.46 bits per heavy atom. The van der Waals surface area contributed by atoms with Gasteiger partial charge in [0.05, 0.1) is 12.6 Å². The lowest BCUT2D eigenvalue weighted by Gasteiger charge is -2.26. The second-order valence-corrected chi connectivity index (χ2v) is 9.05. The molecule has 1 atom stereocenters. The number of aliphatic hydroxyl groups is 1. The minimum absolute atomic E-state index is 0.185. The second kappa shape index (κ2) is 9.27. The van der Waals surface area contributed by atoms with Crippen LogP contribution in [0.1, 0.15) is 31.9 Å². The molecule has 0 amide bonds. The van der Waals surface area contributed by atoms with Crippen molar-refractivity contribution in [1.82, 2.24) is 4.57 Å². The van der Waals surface area contributed by atoms with Gasteiger partial charge in [0.15, 0.2) is 0 Å². The minimum atomic E-state index is -2.24. The van der Waals surface area contributed by atoms with Crippen LogP contribution < -0.4 is 9.47 Å². The van der Waals surface area contributed by atoms with E-state index >= 15 is 0 Å². The SMILES string of the molecule is COc1ccc([C@](O)(C(=O)Oc2ccccc2)c2cn(C(=O)OC(C)(C)C)c3ccccc23)cc1. The number of esters is 1. The molecule has 0 saturated carbocycles. The van der Waals surface area contributed by atoms with Crippen LogP contribution >= 0.6 is 0 Å². The van der Waals surface area contributed by atoms with Crippen LogP contribution in [0.15, 0.2) is 85.1 Å². The van der Waals surface area contributed by atoms with E-state index in [1.165, 1.54) is 17.9 Å². The third kappa shape index (κ3) is 4.76. The maximum Gasteiger partial charge on any atom is 0.419 e. The number of ether oxygens (including phenoxy) is 3. The molecule has 4 rings (SSSR count). The molecule has 0 radical (unpaired) electrons. The van der Waals surface area contributed by atoms with Gasteiger partial charge in [-0.2, -0.15) is 0 Å². The van der Waals surface area contributed by atoms with E-state index in [-0.39, 0.29) is 16.9 Å². The Bertz CT molecular complexity index is 1350. The topological polar surface area (TPSA) is 87.0 Å². The van der Waals surface area contributed by atoms with E-state index in [0.717, 1.165) is 0 Å². The maximum atomic E-state index is 13.6. The third-order valence-electron chi connectivity index (χ3n) is 5.45. The van der Waals surface area contributed by atoms with Gasteiger partial charge in [0.1, 0.15) is 17.1 Å². The van der Waals surface area contributed by atoms with Crippen molar-refractivity contribution >= 4 is 23.0 Å². The monoisotopic (exact) mass is 473 g/mol. The number of para-hydroxylation sites is 2. The van der Waals surface area contributed by atoms with Crippen molar-refractivity contribution in [1.29, 1.82) is 0 Å². The Hall–Kier alpha value is -4.10. The number of nitrogens with zero attached hydrogens (tertiary/aromatic N) is 1. The van der Waals surface area contributed by atoms with Crippen LogP contribution in [0.3, 0.4) is 0 Å². The van der Waals surface area contributed by atoms with Gasteiger partial charge in [0, 0.05) is 17.1 Å². The predicted molar refractivity (Wildman–Crippen MR) is 132 cm³/mol. The summed E-state index contributed by atoms with van der Waals surface area (Å²) in [6.45, 7) is 5.30. The van der Waals surface area contributed by atoms with E-state index in [9.17, 15) is 14.7 Å². The average molecular weight is 474 g/mol. The zero-order chi connectivity index (χ0) is 25.2. The summed E-state index contributed by atoms with van der Waals surface area (Å²) < 4.78 is 17.7. The lowest BCUT2D eigenvalue weighted by molar-refractivity contribution is -0.151. The Morgan fingerprint density at radius 3 is 2.09 bits per heavy atom. The molecule has 1 N–H and O–H groups in total. The van der Waals surface area contributed by atoms with E-state index < -0.39 is 23.3 Å². The minimum Gasteiger partial charge on any atom is -0.497 e. The molecule has 0 unspecified atom stereocenters. The molecule has 0 saturated heterocycles. The summed E-state index contributed by atoms with van der Waals surface area (Å²) in [4.78, 5) is 26.6. The molecule has 1 aromatic heterocycles. The molecule has 1 heterocycles. The molecule has 7 heteroatoms. The molecule has 180 valence electrons. The first-order valence-corrected chi connectivity index (χ1v) is 11.1. The standard InChI is InChI=1S/C28H27NO6/c1-27(2,3)35-26(31)29-18-23(22-12-8-9-13-24(22)29)28(32,19-14-16-20(33-4)17-15-19)25(30)34-21-10-6-5-7-11-21/h5-18,32H,1-4H3/t28-/m1/s1. The maximum absolute atomic E-state index is 13.6. The zero-order valence-corrected chi connectivity index (χ0v) is 20.0. The number of carbonyl (C=O) groups excluding carboxylic acids is 2. The predicted octanol–water partition coefficient (Wildman–Crippen LogP) is 5.27. The summed E-state index contributed by atoms with van der Waals surface area (Å²) in [7, 11) is 1.53. The Kier molecular flexibility index (Phi) is 6.37. The molecule has 0 aliphatic rings. The van der Waals surface area contributed by atoms with Crippen molar-refractivity contribution in [2.24, 2.45) is 0 Å². The van der Waals surface area contributed by atoms with E-state index in [2.05, 4.69) is 0 Å². The summed E-state index contributed by atoms with van der Waals surface area (Å²) in [6.07, 6.45) is 0.795. The molecule has 0 fully saturated rings. The van der Waals surface area contributed by atoms with Crippen LogP contribution in [0.25, 0.3) is 10.9 Å². The van der Waals surface area contributed by atoms with Gasteiger partial charge in [-0.15, -0.1) is 0 Å². The van der Waals surface area contributed by atoms with E-state index in [4.69, 9.17) is 14.2 Å². The lowest BCUT2D eigenvalue weighted by Crippen LogP contribution is -2.40. The Balaban J connectivity index is 1.91. The van der Waals surface area contributed by atoms with E-state index in [1.807, 2.05) is 0 Å². The van der Waals surface area contributed by atoms with Crippen molar-refractivity contribution in [2.75, 3.05) is 7.11 Å². The number of hydrogen-bond acceptors (Lipinski definition) is 6. The molecule has 35 heavy (non-hydrogen) atoms.